The molecule has 0 spiro atoms. The SMILES string of the molecule is Cc1cnc(Nc2ccc(C(=O)Nc3cc(CN4CCN(C)CC4)ccc3F)cc2)nc1-c1cnn(C)c1. The molecule has 0 atom stereocenters. The van der Waals surface area contributed by atoms with Crippen LogP contribution in [0.5, 0.6) is 0 Å². The average Bonchev–Trinajstić information content (AvgIpc) is 3.35. The highest BCUT2D eigenvalue weighted by Gasteiger charge is 2.16. The second-order valence-electron chi connectivity index (χ2n) is 9.68. The van der Waals surface area contributed by atoms with Crippen LogP contribution >= 0.6 is 0 Å². The number of piperazine rings is 1. The van der Waals surface area contributed by atoms with E-state index >= 15 is 0 Å². The third-order valence-electron chi connectivity index (χ3n) is 6.63. The predicted octanol–water partition coefficient (Wildman–Crippen LogP) is 4.07. The average molecular weight is 515 g/mol. The third-order valence-corrected chi connectivity index (χ3v) is 6.63. The number of nitrogens with one attached hydrogen (secondary N) is 2. The molecule has 196 valence electrons. The van der Waals surface area contributed by atoms with Gasteiger partial charge in [0.15, 0.2) is 0 Å². The Hall–Kier alpha value is -4.15. The lowest BCUT2D eigenvalue weighted by Gasteiger charge is -2.32. The van der Waals surface area contributed by atoms with Gasteiger partial charge in [-0.2, -0.15) is 5.10 Å². The number of carbonyl (C=O) groups is 1. The molecule has 5 rings (SSSR count). The van der Waals surface area contributed by atoms with Crippen LogP contribution in [0.2, 0.25) is 0 Å². The second kappa shape index (κ2) is 11.1. The van der Waals surface area contributed by atoms with Crippen LogP contribution in [-0.4, -0.2) is 68.7 Å². The first kappa shape index (κ1) is 25.5. The largest absolute Gasteiger partial charge is 0.324 e. The van der Waals surface area contributed by atoms with Crippen LogP contribution in [0.3, 0.4) is 0 Å². The number of nitrogens with zero attached hydrogens (tertiary/aromatic N) is 6. The fourth-order valence-electron chi connectivity index (χ4n) is 4.40. The molecule has 4 aromatic rings. The van der Waals surface area contributed by atoms with Crippen molar-refractivity contribution in [3.63, 3.8) is 0 Å². The van der Waals surface area contributed by atoms with Gasteiger partial charge in [-0.1, -0.05) is 6.07 Å². The molecule has 0 radical (unpaired) electrons. The van der Waals surface area contributed by atoms with Crippen molar-refractivity contribution in [1.82, 2.24) is 29.5 Å². The Labute approximate surface area is 221 Å². The van der Waals surface area contributed by atoms with Crippen molar-refractivity contribution in [2.45, 2.75) is 13.5 Å². The van der Waals surface area contributed by atoms with Crippen molar-refractivity contribution in [2.24, 2.45) is 7.05 Å². The molecule has 1 aliphatic rings. The number of anilines is 3. The maximum absolute atomic E-state index is 14.5. The van der Waals surface area contributed by atoms with Crippen LogP contribution < -0.4 is 10.6 Å². The third kappa shape index (κ3) is 6.04. The van der Waals surface area contributed by atoms with Crippen molar-refractivity contribution in [3.05, 3.63) is 83.6 Å². The lowest BCUT2D eigenvalue weighted by Crippen LogP contribution is -2.43. The van der Waals surface area contributed by atoms with Gasteiger partial charge in [-0.05, 0) is 61.5 Å². The van der Waals surface area contributed by atoms with Crippen molar-refractivity contribution in [1.29, 1.82) is 0 Å². The zero-order valence-corrected chi connectivity index (χ0v) is 21.8. The van der Waals surface area contributed by atoms with E-state index in [9.17, 15) is 9.18 Å². The molecule has 3 heterocycles. The smallest absolute Gasteiger partial charge is 0.255 e. The van der Waals surface area contributed by atoms with E-state index in [1.165, 1.54) is 6.07 Å². The Morgan fingerprint density at radius 3 is 2.50 bits per heavy atom. The highest BCUT2D eigenvalue weighted by atomic mass is 19.1. The van der Waals surface area contributed by atoms with Crippen LogP contribution in [0.4, 0.5) is 21.7 Å². The number of amides is 1. The summed E-state index contributed by atoms with van der Waals surface area (Å²) in [5.41, 5.74) is 4.93. The Kier molecular flexibility index (Phi) is 7.43. The predicted molar refractivity (Wildman–Crippen MR) is 146 cm³/mol. The maximum atomic E-state index is 14.5. The van der Waals surface area contributed by atoms with Gasteiger partial charge in [0.05, 0.1) is 17.6 Å². The van der Waals surface area contributed by atoms with Crippen molar-refractivity contribution < 1.29 is 9.18 Å². The van der Waals surface area contributed by atoms with Crippen LogP contribution in [0.15, 0.2) is 61.1 Å². The molecule has 0 unspecified atom stereocenters. The summed E-state index contributed by atoms with van der Waals surface area (Å²) in [6.07, 6.45) is 5.42. The van der Waals surface area contributed by atoms with E-state index in [0.29, 0.717) is 11.5 Å². The summed E-state index contributed by atoms with van der Waals surface area (Å²) in [5, 5.41) is 10.1. The number of carbonyl (C=O) groups excluding carboxylic acids is 1. The summed E-state index contributed by atoms with van der Waals surface area (Å²) in [5.74, 6) is -0.400. The summed E-state index contributed by atoms with van der Waals surface area (Å²) in [6.45, 7) is 6.63. The zero-order valence-electron chi connectivity index (χ0n) is 21.8. The first-order valence-electron chi connectivity index (χ1n) is 12.5. The van der Waals surface area contributed by atoms with Crippen LogP contribution in [0, 0.1) is 12.7 Å². The van der Waals surface area contributed by atoms with E-state index in [0.717, 1.165) is 60.8 Å². The molecule has 0 bridgehead atoms. The lowest BCUT2D eigenvalue weighted by molar-refractivity contribution is 0.102. The molecule has 38 heavy (non-hydrogen) atoms. The van der Waals surface area contributed by atoms with Gasteiger partial charge in [0.2, 0.25) is 5.95 Å². The van der Waals surface area contributed by atoms with Crippen molar-refractivity contribution >= 4 is 23.2 Å². The van der Waals surface area contributed by atoms with Crippen LogP contribution in [0.1, 0.15) is 21.5 Å². The second-order valence-corrected chi connectivity index (χ2v) is 9.68. The number of aryl methyl sites for hydroxylation is 2. The van der Waals surface area contributed by atoms with Gasteiger partial charge in [-0.15, -0.1) is 0 Å². The Morgan fingerprint density at radius 2 is 1.79 bits per heavy atom. The number of likely N-dealkylation sites (N-methyl/N-ethyl adjacent to an activating group) is 1. The van der Waals surface area contributed by atoms with Crippen molar-refractivity contribution in [2.75, 3.05) is 43.9 Å². The Bertz CT molecular complexity index is 1430. The fraction of sp³-hybridized carbons (Fsp3) is 0.286. The number of hydrogen-bond acceptors (Lipinski definition) is 7. The number of benzene rings is 2. The lowest BCUT2D eigenvalue weighted by atomic mass is 10.1. The molecular weight excluding hydrogens is 483 g/mol. The molecule has 0 saturated carbocycles. The Balaban J connectivity index is 1.23. The highest BCUT2D eigenvalue weighted by molar-refractivity contribution is 6.04. The van der Waals surface area contributed by atoms with E-state index in [-0.39, 0.29) is 11.6 Å². The molecule has 9 nitrogen and oxygen atoms in total. The Morgan fingerprint density at radius 1 is 1.03 bits per heavy atom. The van der Waals surface area contributed by atoms with E-state index in [1.54, 1.807) is 53.5 Å². The van der Waals surface area contributed by atoms with Gasteiger partial charge < -0.3 is 15.5 Å². The highest BCUT2D eigenvalue weighted by Crippen LogP contribution is 2.23. The first-order valence-corrected chi connectivity index (χ1v) is 12.5. The normalized spacial score (nSPS) is 14.4. The molecule has 0 aliphatic carbocycles. The zero-order chi connectivity index (χ0) is 26.6. The molecule has 1 saturated heterocycles. The summed E-state index contributed by atoms with van der Waals surface area (Å²) in [6, 6.07) is 11.8. The summed E-state index contributed by atoms with van der Waals surface area (Å²) in [7, 11) is 3.97. The van der Waals surface area contributed by atoms with Gasteiger partial charge in [0, 0.05) is 69.0 Å². The van der Waals surface area contributed by atoms with Crippen LogP contribution in [0.25, 0.3) is 11.3 Å². The minimum Gasteiger partial charge on any atom is -0.324 e. The standard InChI is InChI=1S/C28H31FN8O/c1-19-15-30-28(34-26(19)22-16-31-36(3)18-22)32-23-7-5-21(6-8-23)27(38)33-25-14-20(4-9-24(25)29)17-37-12-10-35(2)11-13-37/h4-9,14-16,18H,10-13,17H2,1-3H3,(H,33,38)(H,30,32,34). The van der Waals surface area contributed by atoms with E-state index in [1.807, 2.05) is 20.2 Å². The number of aromatic nitrogens is 4. The molecular formula is C28H31FN8O. The number of rotatable bonds is 7. The van der Waals surface area contributed by atoms with Gasteiger partial charge in [-0.25, -0.2) is 14.4 Å². The minimum absolute atomic E-state index is 0.180. The van der Waals surface area contributed by atoms with Crippen LogP contribution in [-0.2, 0) is 13.6 Å². The van der Waals surface area contributed by atoms with Gasteiger partial charge in [-0.3, -0.25) is 14.4 Å². The molecule has 10 heteroatoms. The van der Waals surface area contributed by atoms with Crippen molar-refractivity contribution in [3.8, 4) is 11.3 Å². The maximum Gasteiger partial charge on any atom is 0.255 e. The fourth-order valence-corrected chi connectivity index (χ4v) is 4.40. The van der Waals surface area contributed by atoms with E-state index in [4.69, 9.17) is 0 Å². The molecule has 2 N–H and O–H groups in total. The molecule has 2 aromatic heterocycles. The number of hydrogen-bond donors (Lipinski definition) is 2. The summed E-state index contributed by atoms with van der Waals surface area (Å²) >= 11 is 0. The molecule has 1 fully saturated rings. The molecule has 1 aliphatic heterocycles. The van der Waals surface area contributed by atoms with Gasteiger partial charge in [0.1, 0.15) is 5.82 Å². The van der Waals surface area contributed by atoms with Gasteiger partial charge >= 0.3 is 0 Å². The monoisotopic (exact) mass is 514 g/mol. The molecule has 1 amide bonds. The summed E-state index contributed by atoms with van der Waals surface area (Å²) in [4.78, 5) is 26.5. The number of halogens is 1. The minimum atomic E-state index is -0.459. The topological polar surface area (TPSA) is 91.2 Å². The van der Waals surface area contributed by atoms with E-state index < -0.39 is 5.82 Å². The van der Waals surface area contributed by atoms with E-state index in [2.05, 4.69) is 42.5 Å². The molecule has 2 aromatic carbocycles. The summed E-state index contributed by atoms with van der Waals surface area (Å²) < 4.78 is 16.2. The first-order chi connectivity index (χ1) is 18.3. The van der Waals surface area contributed by atoms with Gasteiger partial charge in [0.25, 0.3) is 5.91 Å². The quantitative estimate of drug-likeness (QED) is 0.384.